The van der Waals surface area contributed by atoms with Crippen molar-refractivity contribution >= 4 is 17.3 Å². The Hall–Kier alpha value is -2.83. The summed E-state index contributed by atoms with van der Waals surface area (Å²) in [5.74, 6) is -0.387. The lowest BCUT2D eigenvalue weighted by Crippen LogP contribution is -2.32. The molecule has 1 aromatic carbocycles. The van der Waals surface area contributed by atoms with E-state index in [0.717, 1.165) is 10.1 Å². The van der Waals surface area contributed by atoms with E-state index in [4.69, 9.17) is 5.73 Å². The van der Waals surface area contributed by atoms with E-state index in [1.807, 2.05) is 6.92 Å². The van der Waals surface area contributed by atoms with E-state index >= 15 is 0 Å². The maximum atomic E-state index is 11.8. The van der Waals surface area contributed by atoms with Crippen molar-refractivity contribution in [3.05, 3.63) is 56.9 Å². The number of H-pyrrole nitrogens is 1. The topological polar surface area (TPSA) is 110 Å². The predicted octanol–water partition coefficient (Wildman–Crippen LogP) is 0.0659. The molecule has 0 saturated carbocycles. The molecule has 2 rings (SSSR count). The van der Waals surface area contributed by atoms with Crippen molar-refractivity contribution in [1.82, 2.24) is 9.55 Å². The minimum atomic E-state index is -0.629. The summed E-state index contributed by atoms with van der Waals surface area (Å²) >= 11 is 0. The summed E-state index contributed by atoms with van der Waals surface area (Å²) in [6.45, 7) is 1.67. The second-order valence-electron chi connectivity index (χ2n) is 4.36. The van der Waals surface area contributed by atoms with Crippen LogP contribution in [0.25, 0.3) is 0 Å². The average Bonchev–Trinajstić information content (AvgIpc) is 2.37. The Labute approximate surface area is 114 Å². The number of aryl methyl sites for hydroxylation is 1. The van der Waals surface area contributed by atoms with Crippen LogP contribution in [0.2, 0.25) is 0 Å². The van der Waals surface area contributed by atoms with Crippen molar-refractivity contribution in [1.29, 1.82) is 0 Å². The fraction of sp³-hybridized carbons (Fsp3) is 0.154. The van der Waals surface area contributed by atoms with Crippen LogP contribution in [0.5, 0.6) is 0 Å². The number of amides is 1. The van der Waals surface area contributed by atoms with E-state index in [1.165, 1.54) is 12.3 Å². The molecule has 0 bridgehead atoms. The van der Waals surface area contributed by atoms with Crippen LogP contribution in [0, 0.1) is 6.92 Å². The largest absolute Gasteiger partial charge is 0.398 e. The van der Waals surface area contributed by atoms with Gasteiger partial charge in [-0.3, -0.25) is 19.1 Å². The molecule has 7 nitrogen and oxygen atoms in total. The van der Waals surface area contributed by atoms with Gasteiger partial charge in [0.15, 0.2) is 0 Å². The minimum Gasteiger partial charge on any atom is -0.398 e. The summed E-state index contributed by atoms with van der Waals surface area (Å²) in [4.78, 5) is 36.2. The molecule has 104 valence electrons. The third kappa shape index (κ3) is 3.14. The molecule has 1 aromatic heterocycles. The number of hydrogen-bond donors (Lipinski definition) is 3. The maximum absolute atomic E-state index is 11.8. The molecule has 0 aliphatic carbocycles. The van der Waals surface area contributed by atoms with Gasteiger partial charge in [-0.2, -0.15) is 0 Å². The van der Waals surface area contributed by atoms with Crippen LogP contribution in [-0.4, -0.2) is 15.5 Å². The molecule has 0 spiro atoms. The van der Waals surface area contributed by atoms with Gasteiger partial charge >= 0.3 is 5.69 Å². The van der Waals surface area contributed by atoms with Gasteiger partial charge in [0.1, 0.15) is 6.54 Å². The Morgan fingerprint density at radius 1 is 1.35 bits per heavy atom. The van der Waals surface area contributed by atoms with Crippen LogP contribution in [0.15, 0.2) is 40.1 Å². The lowest BCUT2D eigenvalue weighted by molar-refractivity contribution is -0.116. The van der Waals surface area contributed by atoms with Gasteiger partial charge in [-0.25, -0.2) is 4.79 Å². The van der Waals surface area contributed by atoms with Gasteiger partial charge < -0.3 is 11.1 Å². The van der Waals surface area contributed by atoms with Gasteiger partial charge in [-0.15, -0.1) is 0 Å². The van der Waals surface area contributed by atoms with E-state index in [0.29, 0.717) is 11.4 Å². The first-order chi connectivity index (χ1) is 9.45. The van der Waals surface area contributed by atoms with Gasteiger partial charge in [0, 0.05) is 23.6 Å². The molecular weight excluding hydrogens is 260 g/mol. The Morgan fingerprint density at radius 3 is 2.75 bits per heavy atom. The number of hydrogen-bond acceptors (Lipinski definition) is 4. The molecule has 2 aromatic rings. The van der Waals surface area contributed by atoms with Crippen LogP contribution in [0.1, 0.15) is 5.56 Å². The second kappa shape index (κ2) is 5.43. The van der Waals surface area contributed by atoms with Crippen LogP contribution < -0.4 is 22.3 Å². The quantitative estimate of drug-likeness (QED) is 0.688. The fourth-order valence-corrected chi connectivity index (χ4v) is 1.64. The number of nitrogens with one attached hydrogen (secondary N) is 2. The number of carbonyl (C=O) groups is 1. The van der Waals surface area contributed by atoms with Crippen LogP contribution >= 0.6 is 0 Å². The highest BCUT2D eigenvalue weighted by Gasteiger charge is 2.06. The Balaban J connectivity index is 2.10. The monoisotopic (exact) mass is 274 g/mol. The number of aromatic nitrogens is 2. The van der Waals surface area contributed by atoms with E-state index < -0.39 is 11.2 Å². The van der Waals surface area contributed by atoms with E-state index in [-0.39, 0.29) is 12.5 Å². The molecule has 0 radical (unpaired) electrons. The standard InChI is InChI=1S/C13H14N4O3/c1-8-2-3-9(6-10(8)14)15-12(19)7-17-5-4-11(18)16-13(17)20/h2-6H,7,14H2,1H3,(H,15,19)(H,16,18,20). The summed E-state index contributed by atoms with van der Waals surface area (Å²) in [6, 6.07) is 6.33. The highest BCUT2D eigenvalue weighted by Crippen LogP contribution is 2.16. The molecule has 20 heavy (non-hydrogen) atoms. The number of carbonyl (C=O) groups excluding carboxylic acids is 1. The average molecular weight is 274 g/mol. The number of benzene rings is 1. The minimum absolute atomic E-state index is 0.191. The fourth-order valence-electron chi connectivity index (χ4n) is 1.64. The lowest BCUT2D eigenvalue weighted by Gasteiger charge is -2.08. The first-order valence-electron chi connectivity index (χ1n) is 5.91. The molecule has 0 atom stereocenters. The highest BCUT2D eigenvalue weighted by molar-refractivity contribution is 5.91. The van der Waals surface area contributed by atoms with Gasteiger partial charge in [0.05, 0.1) is 0 Å². The molecule has 0 aliphatic rings. The molecular formula is C13H14N4O3. The van der Waals surface area contributed by atoms with Gasteiger partial charge in [-0.1, -0.05) is 6.07 Å². The summed E-state index contributed by atoms with van der Waals surface area (Å²) in [5, 5.41) is 2.63. The first kappa shape index (κ1) is 13.6. The Bertz CT molecular complexity index is 761. The third-order valence-corrected chi connectivity index (χ3v) is 2.77. The number of rotatable bonds is 3. The zero-order valence-corrected chi connectivity index (χ0v) is 10.8. The molecule has 4 N–H and O–H groups in total. The van der Waals surface area contributed by atoms with Crippen molar-refractivity contribution in [3.8, 4) is 0 Å². The Morgan fingerprint density at radius 2 is 2.10 bits per heavy atom. The Kier molecular flexibility index (Phi) is 3.69. The summed E-state index contributed by atoms with van der Waals surface area (Å²) < 4.78 is 1.11. The summed E-state index contributed by atoms with van der Waals surface area (Å²) in [7, 11) is 0. The molecule has 7 heteroatoms. The summed E-state index contributed by atoms with van der Waals surface area (Å²) in [6.07, 6.45) is 1.27. The molecule has 0 fully saturated rings. The van der Waals surface area contributed by atoms with Crippen molar-refractivity contribution < 1.29 is 4.79 Å². The third-order valence-electron chi connectivity index (χ3n) is 2.77. The van der Waals surface area contributed by atoms with E-state index in [2.05, 4.69) is 10.3 Å². The zero-order chi connectivity index (χ0) is 14.7. The van der Waals surface area contributed by atoms with Crippen molar-refractivity contribution in [2.75, 3.05) is 11.1 Å². The van der Waals surface area contributed by atoms with Crippen LogP contribution in [0.3, 0.4) is 0 Å². The summed E-state index contributed by atoms with van der Waals surface area (Å²) in [5.41, 5.74) is 6.65. The van der Waals surface area contributed by atoms with Gasteiger partial charge in [0.2, 0.25) is 5.91 Å². The van der Waals surface area contributed by atoms with Crippen LogP contribution in [-0.2, 0) is 11.3 Å². The first-order valence-corrected chi connectivity index (χ1v) is 5.91. The molecule has 0 aliphatic heterocycles. The molecule has 0 unspecified atom stereocenters. The van der Waals surface area contributed by atoms with E-state index in [1.54, 1.807) is 18.2 Å². The van der Waals surface area contributed by atoms with Crippen molar-refractivity contribution in [2.45, 2.75) is 13.5 Å². The number of aromatic amines is 1. The van der Waals surface area contributed by atoms with Gasteiger partial charge in [-0.05, 0) is 24.6 Å². The van der Waals surface area contributed by atoms with Crippen molar-refractivity contribution in [2.24, 2.45) is 0 Å². The molecule has 0 saturated heterocycles. The number of nitrogen functional groups attached to an aromatic ring is 1. The number of nitrogens with zero attached hydrogens (tertiary/aromatic N) is 1. The predicted molar refractivity (Wildman–Crippen MR) is 75.5 cm³/mol. The van der Waals surface area contributed by atoms with Gasteiger partial charge in [0.25, 0.3) is 5.56 Å². The smallest absolute Gasteiger partial charge is 0.328 e. The lowest BCUT2D eigenvalue weighted by atomic mass is 10.2. The molecule has 1 amide bonds. The maximum Gasteiger partial charge on any atom is 0.328 e. The van der Waals surface area contributed by atoms with Crippen molar-refractivity contribution in [3.63, 3.8) is 0 Å². The van der Waals surface area contributed by atoms with Crippen LogP contribution in [0.4, 0.5) is 11.4 Å². The normalized spacial score (nSPS) is 10.2. The SMILES string of the molecule is Cc1ccc(NC(=O)Cn2ccc(=O)[nH]c2=O)cc1N. The zero-order valence-electron chi connectivity index (χ0n) is 10.8. The highest BCUT2D eigenvalue weighted by atomic mass is 16.2. The van der Waals surface area contributed by atoms with E-state index in [9.17, 15) is 14.4 Å². The number of anilines is 2. The molecule has 1 heterocycles. The number of nitrogens with two attached hydrogens (primary N) is 1. The second-order valence-corrected chi connectivity index (χ2v) is 4.36.